The average molecular weight is 586 g/mol. The minimum Gasteiger partial charge on any atom is -0.444 e. The number of nitrogens with zero attached hydrogens (tertiary/aromatic N) is 2. The van der Waals surface area contributed by atoms with Gasteiger partial charge in [-0.2, -0.15) is 0 Å². The third-order valence-electron chi connectivity index (χ3n) is 8.35. The van der Waals surface area contributed by atoms with Crippen molar-refractivity contribution in [3.8, 4) is 0 Å². The number of amides is 6. The van der Waals surface area contributed by atoms with Crippen molar-refractivity contribution >= 4 is 35.6 Å². The van der Waals surface area contributed by atoms with E-state index in [9.17, 15) is 28.8 Å². The largest absolute Gasteiger partial charge is 0.444 e. The van der Waals surface area contributed by atoms with E-state index in [1.54, 1.807) is 31.2 Å². The molecule has 0 spiro atoms. The molecule has 0 aliphatic carbocycles. The second kappa shape index (κ2) is 14.8. The minimum absolute atomic E-state index is 0.0137. The van der Waals surface area contributed by atoms with Gasteiger partial charge in [-0.1, -0.05) is 70.9 Å². The highest BCUT2D eigenvalue weighted by Gasteiger charge is 2.44. The van der Waals surface area contributed by atoms with Gasteiger partial charge in [0.25, 0.3) is 0 Å². The van der Waals surface area contributed by atoms with Crippen molar-refractivity contribution < 1.29 is 33.5 Å². The number of nitrogens with one attached hydrogen (secondary N) is 2. The van der Waals surface area contributed by atoms with Crippen LogP contribution in [0.1, 0.15) is 71.8 Å². The van der Waals surface area contributed by atoms with Gasteiger partial charge in [-0.3, -0.25) is 24.0 Å². The van der Waals surface area contributed by atoms with Gasteiger partial charge in [0.05, 0.1) is 0 Å². The summed E-state index contributed by atoms with van der Waals surface area (Å²) in [4.78, 5) is 80.2. The Labute approximate surface area is 246 Å². The fourth-order valence-corrected chi connectivity index (χ4v) is 5.33. The summed E-state index contributed by atoms with van der Waals surface area (Å²) < 4.78 is 5.31. The van der Waals surface area contributed by atoms with Crippen LogP contribution in [0.2, 0.25) is 0 Å². The van der Waals surface area contributed by atoms with Crippen molar-refractivity contribution in [2.24, 2.45) is 17.6 Å². The van der Waals surface area contributed by atoms with Crippen molar-refractivity contribution in [3.05, 3.63) is 35.9 Å². The van der Waals surface area contributed by atoms with Crippen LogP contribution >= 0.6 is 0 Å². The maximum Gasteiger partial charge on any atom is 0.417 e. The Morgan fingerprint density at radius 3 is 2.21 bits per heavy atom. The van der Waals surface area contributed by atoms with Crippen LogP contribution in [-0.2, 0) is 35.3 Å². The van der Waals surface area contributed by atoms with Gasteiger partial charge >= 0.3 is 6.09 Å². The molecular weight excluding hydrogens is 542 g/mol. The zero-order valence-corrected chi connectivity index (χ0v) is 24.8. The molecule has 0 radical (unpaired) electrons. The first-order valence-electron chi connectivity index (χ1n) is 14.7. The summed E-state index contributed by atoms with van der Waals surface area (Å²) in [6.07, 6.45) is 1.37. The number of hydrogen-bond donors (Lipinski definition) is 3. The number of carbonyl (C=O) groups excluding carboxylic acids is 6. The summed E-state index contributed by atoms with van der Waals surface area (Å²) in [5.41, 5.74) is 6.25. The van der Waals surface area contributed by atoms with E-state index in [0.717, 1.165) is 10.5 Å². The SMILES string of the molecule is CC[C@H](C)[C@H](NC(=O)[C@@H]1CCC(=O)N1C(=O)OCc1ccccc1)C(=O)N[C@H](C(=O)N1CCC[C@@H]1C(N)=O)[C@@H](C)CC. The van der Waals surface area contributed by atoms with Crippen LogP contribution in [0.15, 0.2) is 30.3 Å². The normalized spacial score (nSPS) is 21.3. The first-order valence-corrected chi connectivity index (χ1v) is 14.7. The van der Waals surface area contributed by atoms with E-state index in [1.807, 2.05) is 26.8 Å². The Bertz CT molecular complexity index is 1160. The fraction of sp³-hybridized carbons (Fsp3) is 0.600. The third kappa shape index (κ3) is 7.65. The number of ether oxygens (including phenoxy) is 1. The quantitative estimate of drug-likeness (QED) is 0.336. The van der Waals surface area contributed by atoms with E-state index in [1.165, 1.54) is 4.90 Å². The molecule has 6 amide bonds. The van der Waals surface area contributed by atoms with Crippen LogP contribution < -0.4 is 16.4 Å². The van der Waals surface area contributed by atoms with E-state index < -0.39 is 53.9 Å². The number of hydrogen-bond acceptors (Lipinski definition) is 7. The highest BCUT2D eigenvalue weighted by atomic mass is 16.6. The topological polar surface area (TPSA) is 168 Å². The Kier molecular flexibility index (Phi) is 11.5. The van der Waals surface area contributed by atoms with Crippen LogP contribution in [0.5, 0.6) is 0 Å². The second-order valence-electron chi connectivity index (χ2n) is 11.2. The van der Waals surface area contributed by atoms with Crippen molar-refractivity contribution in [3.63, 3.8) is 0 Å². The molecule has 2 fully saturated rings. The molecule has 2 aliphatic heterocycles. The first kappa shape index (κ1) is 32.6. The number of nitrogens with two attached hydrogens (primary N) is 1. The molecule has 0 bridgehead atoms. The number of rotatable bonds is 12. The summed E-state index contributed by atoms with van der Waals surface area (Å²) in [6.45, 7) is 7.69. The van der Waals surface area contributed by atoms with Gasteiger partial charge in [-0.25, -0.2) is 9.69 Å². The van der Waals surface area contributed by atoms with Crippen molar-refractivity contribution in [2.75, 3.05) is 6.54 Å². The molecule has 230 valence electrons. The third-order valence-corrected chi connectivity index (χ3v) is 8.35. The van der Waals surface area contributed by atoms with E-state index in [2.05, 4.69) is 10.6 Å². The molecule has 6 atom stereocenters. The van der Waals surface area contributed by atoms with Gasteiger partial charge in [0.2, 0.25) is 29.5 Å². The Hall–Kier alpha value is -3.96. The molecule has 2 aliphatic rings. The van der Waals surface area contributed by atoms with Crippen LogP contribution in [0.25, 0.3) is 0 Å². The molecule has 1 aromatic carbocycles. The van der Waals surface area contributed by atoms with E-state index >= 15 is 0 Å². The number of benzene rings is 1. The number of imide groups is 1. The zero-order chi connectivity index (χ0) is 31.0. The molecule has 0 unspecified atom stereocenters. The van der Waals surface area contributed by atoms with Gasteiger partial charge in [0, 0.05) is 13.0 Å². The van der Waals surface area contributed by atoms with Gasteiger partial charge in [0.15, 0.2) is 0 Å². The lowest BCUT2D eigenvalue weighted by atomic mass is 9.94. The summed E-state index contributed by atoms with van der Waals surface area (Å²) in [7, 11) is 0. The molecule has 1 aromatic rings. The maximum absolute atomic E-state index is 13.6. The first-order chi connectivity index (χ1) is 20.0. The highest BCUT2D eigenvalue weighted by molar-refractivity contribution is 6.02. The lowest BCUT2D eigenvalue weighted by Gasteiger charge is -2.33. The second-order valence-corrected chi connectivity index (χ2v) is 11.2. The number of primary amides is 1. The van der Waals surface area contributed by atoms with Crippen molar-refractivity contribution in [2.45, 2.75) is 97.0 Å². The summed E-state index contributed by atoms with van der Waals surface area (Å²) in [5.74, 6) is -3.31. The molecule has 2 heterocycles. The average Bonchev–Trinajstić information content (AvgIpc) is 3.64. The lowest BCUT2D eigenvalue weighted by molar-refractivity contribution is -0.142. The standard InChI is InChI=1S/C30H43N5O7/c1-5-18(3)24(28(39)33-25(19(4)6-2)29(40)34-16-10-13-21(34)26(31)37)32-27(38)22-14-15-23(36)35(22)30(41)42-17-20-11-8-7-9-12-20/h7-9,11-12,18-19,21-22,24-25H,5-6,10,13-17H2,1-4H3,(H2,31,37)(H,32,38)(H,33,39)/t18-,19-,21+,22-,24-,25-/m0/s1. The van der Waals surface area contributed by atoms with Crippen molar-refractivity contribution in [1.82, 2.24) is 20.4 Å². The lowest BCUT2D eigenvalue weighted by Crippen LogP contribution is -2.60. The molecule has 2 saturated heterocycles. The molecule has 12 heteroatoms. The van der Waals surface area contributed by atoms with Gasteiger partial charge in [-0.05, 0) is 36.7 Å². The van der Waals surface area contributed by atoms with Crippen LogP contribution in [0.3, 0.4) is 0 Å². The summed E-state index contributed by atoms with van der Waals surface area (Å²) >= 11 is 0. The molecule has 0 aromatic heterocycles. The zero-order valence-electron chi connectivity index (χ0n) is 24.8. The van der Waals surface area contributed by atoms with E-state index in [4.69, 9.17) is 10.5 Å². The number of likely N-dealkylation sites (tertiary alicyclic amines) is 2. The predicted molar refractivity (Wildman–Crippen MR) is 153 cm³/mol. The molecular formula is C30H43N5O7. The summed E-state index contributed by atoms with van der Waals surface area (Å²) in [5, 5.41) is 5.56. The van der Waals surface area contributed by atoms with Gasteiger partial charge in [-0.15, -0.1) is 0 Å². The van der Waals surface area contributed by atoms with Crippen molar-refractivity contribution in [1.29, 1.82) is 0 Å². The Balaban J connectivity index is 1.73. The van der Waals surface area contributed by atoms with Crippen LogP contribution in [0, 0.1) is 11.8 Å². The Morgan fingerprint density at radius 1 is 0.952 bits per heavy atom. The Morgan fingerprint density at radius 2 is 1.60 bits per heavy atom. The maximum atomic E-state index is 13.6. The van der Waals surface area contributed by atoms with Gasteiger partial charge < -0.3 is 26.0 Å². The van der Waals surface area contributed by atoms with Gasteiger partial charge in [0.1, 0.15) is 30.8 Å². The molecule has 12 nitrogen and oxygen atoms in total. The molecule has 42 heavy (non-hydrogen) atoms. The minimum atomic E-state index is -1.13. The molecule has 0 saturated carbocycles. The molecule has 4 N–H and O–H groups in total. The van der Waals surface area contributed by atoms with E-state index in [-0.39, 0.29) is 37.2 Å². The smallest absolute Gasteiger partial charge is 0.417 e. The monoisotopic (exact) mass is 585 g/mol. The number of carbonyl (C=O) groups is 6. The van der Waals surface area contributed by atoms with Crippen LogP contribution in [0.4, 0.5) is 4.79 Å². The predicted octanol–water partition coefficient (Wildman–Crippen LogP) is 1.85. The van der Waals surface area contributed by atoms with Crippen LogP contribution in [-0.4, -0.2) is 76.1 Å². The van der Waals surface area contributed by atoms with E-state index in [0.29, 0.717) is 32.2 Å². The molecule has 3 rings (SSSR count). The fourth-order valence-electron chi connectivity index (χ4n) is 5.33. The highest BCUT2D eigenvalue weighted by Crippen LogP contribution is 2.23. The summed E-state index contributed by atoms with van der Waals surface area (Å²) in [6, 6.07) is 5.13.